The molecular formula is C23H40IN5O3. The number of nitrogens with zero attached hydrogens (tertiary/aromatic N) is 1. The first kappa shape index (κ1) is 30.0. The Hall–Kier alpha value is -2.04. The second kappa shape index (κ2) is 15.7. The number of rotatable bonds is 10. The third-order valence-electron chi connectivity index (χ3n) is 4.38. The maximum absolute atomic E-state index is 12.0. The number of halogens is 1. The molecule has 1 aromatic rings. The van der Waals surface area contributed by atoms with Crippen molar-refractivity contribution in [2.45, 2.75) is 72.1 Å². The first-order valence-corrected chi connectivity index (χ1v) is 11.0. The Bertz CT molecular complexity index is 717. The molecule has 32 heavy (non-hydrogen) atoms. The molecule has 0 saturated carbocycles. The van der Waals surface area contributed by atoms with Crippen molar-refractivity contribution in [3.63, 3.8) is 0 Å². The van der Waals surface area contributed by atoms with Crippen molar-refractivity contribution in [3.8, 4) is 0 Å². The van der Waals surface area contributed by atoms with Crippen molar-refractivity contribution in [1.29, 1.82) is 0 Å². The second-order valence-corrected chi connectivity index (χ2v) is 8.35. The Morgan fingerprint density at radius 2 is 1.72 bits per heavy atom. The minimum absolute atomic E-state index is 0. The first-order valence-electron chi connectivity index (χ1n) is 11.0. The molecular weight excluding hydrogens is 521 g/mol. The molecule has 8 nitrogen and oxygen atoms in total. The molecule has 0 spiro atoms. The Kier molecular flexibility index (Phi) is 14.7. The summed E-state index contributed by atoms with van der Waals surface area (Å²) in [5.74, 6) is 0.579. The van der Waals surface area contributed by atoms with Gasteiger partial charge >= 0.3 is 6.09 Å². The SMILES string of the molecule is CCCCC(CNC(=O)OC(C)(C)C)NC(=NC)NCc1ccc(C(=O)NCC)cc1.I. The predicted molar refractivity (Wildman–Crippen MR) is 141 cm³/mol. The third-order valence-corrected chi connectivity index (χ3v) is 4.38. The van der Waals surface area contributed by atoms with E-state index in [0.717, 1.165) is 24.8 Å². The van der Waals surface area contributed by atoms with E-state index in [9.17, 15) is 9.59 Å². The molecule has 0 aliphatic rings. The van der Waals surface area contributed by atoms with Gasteiger partial charge in [0.25, 0.3) is 5.91 Å². The van der Waals surface area contributed by atoms with E-state index in [-0.39, 0.29) is 35.9 Å². The van der Waals surface area contributed by atoms with Gasteiger partial charge in [-0.1, -0.05) is 31.9 Å². The van der Waals surface area contributed by atoms with E-state index in [1.807, 2.05) is 52.0 Å². The molecule has 1 unspecified atom stereocenters. The number of ether oxygens (including phenoxy) is 1. The molecule has 0 heterocycles. The highest BCUT2D eigenvalue weighted by Crippen LogP contribution is 2.07. The van der Waals surface area contributed by atoms with E-state index in [1.54, 1.807) is 7.05 Å². The summed E-state index contributed by atoms with van der Waals surface area (Å²) in [5.41, 5.74) is 1.15. The molecule has 0 radical (unpaired) electrons. The molecule has 4 N–H and O–H groups in total. The van der Waals surface area contributed by atoms with Gasteiger partial charge in [0, 0.05) is 38.3 Å². The predicted octanol–water partition coefficient (Wildman–Crippen LogP) is 3.80. The molecule has 0 bridgehead atoms. The number of guanidine groups is 1. The minimum atomic E-state index is -0.527. The number of carbonyl (C=O) groups is 2. The molecule has 0 saturated heterocycles. The summed E-state index contributed by atoms with van der Waals surface area (Å²) in [6.45, 7) is 11.2. The molecule has 9 heteroatoms. The molecule has 0 aliphatic heterocycles. The van der Waals surface area contributed by atoms with Gasteiger partial charge in [-0.25, -0.2) is 4.79 Å². The van der Waals surface area contributed by atoms with E-state index in [1.165, 1.54) is 0 Å². The Balaban J connectivity index is 0.00000961. The maximum Gasteiger partial charge on any atom is 0.407 e. The van der Waals surface area contributed by atoms with Crippen LogP contribution < -0.4 is 21.3 Å². The molecule has 0 aliphatic carbocycles. The lowest BCUT2D eigenvalue weighted by atomic mass is 10.1. The molecule has 1 rings (SSSR count). The van der Waals surface area contributed by atoms with Crippen molar-refractivity contribution in [2.75, 3.05) is 20.1 Å². The van der Waals surface area contributed by atoms with Crippen molar-refractivity contribution in [3.05, 3.63) is 35.4 Å². The van der Waals surface area contributed by atoms with Gasteiger partial charge in [-0.2, -0.15) is 0 Å². The zero-order valence-electron chi connectivity index (χ0n) is 20.2. The van der Waals surface area contributed by atoms with Crippen LogP contribution in [-0.4, -0.2) is 49.7 Å². The molecule has 2 amide bonds. The zero-order chi connectivity index (χ0) is 23.3. The number of amides is 2. The maximum atomic E-state index is 12.0. The van der Waals surface area contributed by atoms with E-state index < -0.39 is 11.7 Å². The number of hydrogen-bond acceptors (Lipinski definition) is 4. The lowest BCUT2D eigenvalue weighted by Crippen LogP contribution is -2.48. The van der Waals surface area contributed by atoms with Crippen LogP contribution in [0.4, 0.5) is 4.79 Å². The van der Waals surface area contributed by atoms with Gasteiger partial charge in [0.05, 0.1) is 0 Å². The topological polar surface area (TPSA) is 104 Å². The molecule has 0 aromatic heterocycles. The smallest absolute Gasteiger partial charge is 0.407 e. The normalized spacial score (nSPS) is 12.2. The van der Waals surface area contributed by atoms with Crippen LogP contribution >= 0.6 is 24.0 Å². The summed E-state index contributed by atoms with van der Waals surface area (Å²) in [6, 6.07) is 7.49. The van der Waals surface area contributed by atoms with Crippen LogP contribution in [0.5, 0.6) is 0 Å². The van der Waals surface area contributed by atoms with Gasteiger partial charge in [-0.05, 0) is 51.8 Å². The van der Waals surface area contributed by atoms with Crippen molar-refractivity contribution in [1.82, 2.24) is 21.3 Å². The number of nitrogens with one attached hydrogen (secondary N) is 4. The van der Waals surface area contributed by atoms with Crippen LogP contribution in [0.2, 0.25) is 0 Å². The number of carbonyl (C=O) groups excluding carboxylic acids is 2. The van der Waals surface area contributed by atoms with Crippen LogP contribution in [0.25, 0.3) is 0 Å². The zero-order valence-corrected chi connectivity index (χ0v) is 22.5. The second-order valence-electron chi connectivity index (χ2n) is 8.35. The molecule has 1 atom stereocenters. The van der Waals surface area contributed by atoms with Crippen molar-refractivity contribution < 1.29 is 14.3 Å². The molecule has 182 valence electrons. The average Bonchev–Trinajstić information content (AvgIpc) is 2.71. The minimum Gasteiger partial charge on any atom is -0.444 e. The quantitative estimate of drug-likeness (QED) is 0.198. The Morgan fingerprint density at radius 1 is 1.06 bits per heavy atom. The highest BCUT2D eigenvalue weighted by Gasteiger charge is 2.18. The van der Waals surface area contributed by atoms with Crippen LogP contribution in [-0.2, 0) is 11.3 Å². The summed E-state index contributed by atoms with van der Waals surface area (Å²) in [6.07, 6.45) is 2.57. The lowest BCUT2D eigenvalue weighted by molar-refractivity contribution is 0.0522. The van der Waals surface area contributed by atoms with E-state index >= 15 is 0 Å². The lowest BCUT2D eigenvalue weighted by Gasteiger charge is -2.24. The van der Waals surface area contributed by atoms with E-state index in [0.29, 0.717) is 31.2 Å². The fraction of sp³-hybridized carbons (Fsp3) is 0.609. The monoisotopic (exact) mass is 561 g/mol. The summed E-state index contributed by atoms with van der Waals surface area (Å²) in [7, 11) is 1.71. The number of benzene rings is 1. The summed E-state index contributed by atoms with van der Waals surface area (Å²) >= 11 is 0. The van der Waals surface area contributed by atoms with Gasteiger partial charge in [-0.15, -0.1) is 24.0 Å². The third kappa shape index (κ3) is 12.7. The average molecular weight is 562 g/mol. The van der Waals surface area contributed by atoms with Crippen LogP contribution in [0.3, 0.4) is 0 Å². The van der Waals surface area contributed by atoms with E-state index in [4.69, 9.17) is 4.74 Å². The Morgan fingerprint density at radius 3 is 2.25 bits per heavy atom. The summed E-state index contributed by atoms with van der Waals surface area (Å²) in [5, 5.41) is 12.3. The van der Waals surface area contributed by atoms with Gasteiger partial charge in [-0.3, -0.25) is 9.79 Å². The van der Waals surface area contributed by atoms with Crippen LogP contribution in [0.15, 0.2) is 29.3 Å². The largest absolute Gasteiger partial charge is 0.444 e. The van der Waals surface area contributed by atoms with Crippen LogP contribution in [0.1, 0.15) is 69.8 Å². The highest BCUT2D eigenvalue weighted by molar-refractivity contribution is 14.0. The number of unbranched alkanes of at least 4 members (excludes halogenated alkanes) is 1. The van der Waals surface area contributed by atoms with Crippen LogP contribution in [0, 0.1) is 0 Å². The first-order chi connectivity index (χ1) is 14.7. The van der Waals surface area contributed by atoms with Gasteiger partial charge in [0.2, 0.25) is 0 Å². The number of aliphatic imine (C=N–C) groups is 1. The van der Waals surface area contributed by atoms with Gasteiger partial charge in [0.1, 0.15) is 5.60 Å². The fourth-order valence-electron chi connectivity index (χ4n) is 2.81. The summed E-state index contributed by atoms with van der Waals surface area (Å²) < 4.78 is 5.32. The molecule has 1 aromatic carbocycles. The fourth-order valence-corrected chi connectivity index (χ4v) is 2.81. The van der Waals surface area contributed by atoms with Crippen molar-refractivity contribution in [2.24, 2.45) is 4.99 Å². The molecule has 0 fully saturated rings. The standard InChI is InChI=1S/C23H39N5O3.HI/c1-7-9-10-19(16-27-22(30)31-23(3,4)5)28-21(24-6)26-15-17-11-13-18(14-12-17)20(29)25-8-2;/h11-14,19H,7-10,15-16H2,1-6H3,(H,25,29)(H,27,30)(H2,24,26,28);1H. The number of alkyl carbamates (subject to hydrolysis) is 1. The Labute approximate surface area is 209 Å². The van der Waals surface area contributed by atoms with E-state index in [2.05, 4.69) is 33.2 Å². The van der Waals surface area contributed by atoms with Crippen molar-refractivity contribution >= 4 is 41.9 Å². The number of hydrogen-bond donors (Lipinski definition) is 4. The van der Waals surface area contributed by atoms with Gasteiger partial charge in [0.15, 0.2) is 5.96 Å². The van der Waals surface area contributed by atoms with Gasteiger partial charge < -0.3 is 26.0 Å². The highest BCUT2D eigenvalue weighted by atomic mass is 127. The summed E-state index contributed by atoms with van der Waals surface area (Å²) in [4.78, 5) is 28.1.